The SMILES string of the molecule is CCc1nnc(NS(=O)(=O)c2nnc(N)s2)nc1CC. The molecule has 0 spiro atoms. The fraction of sp³-hybridized carbons (Fsp3) is 0.444. The summed E-state index contributed by atoms with van der Waals surface area (Å²) in [5, 5.41) is 14.7. The minimum absolute atomic E-state index is 0.0694. The molecule has 0 aromatic carbocycles. The first-order valence-electron chi connectivity index (χ1n) is 5.80. The molecule has 0 saturated heterocycles. The Bertz CT molecular complexity index is 713. The zero-order chi connectivity index (χ0) is 14.8. The van der Waals surface area contributed by atoms with Crippen LogP contribution < -0.4 is 10.5 Å². The summed E-state index contributed by atoms with van der Waals surface area (Å²) in [6.45, 7) is 3.84. The van der Waals surface area contributed by atoms with Crippen LogP contribution in [0.2, 0.25) is 0 Å². The van der Waals surface area contributed by atoms with Crippen molar-refractivity contribution in [1.29, 1.82) is 0 Å². The molecule has 9 nitrogen and oxygen atoms in total. The van der Waals surface area contributed by atoms with Gasteiger partial charge in [-0.05, 0) is 12.8 Å². The van der Waals surface area contributed by atoms with Crippen LogP contribution in [-0.2, 0) is 22.9 Å². The molecule has 0 aliphatic carbocycles. The predicted octanol–water partition coefficient (Wildman–Crippen LogP) is 0.231. The number of nitrogens with two attached hydrogens (primary N) is 1. The van der Waals surface area contributed by atoms with Crippen LogP contribution in [0.25, 0.3) is 0 Å². The molecule has 0 amide bonds. The molecule has 0 unspecified atom stereocenters. The average Bonchev–Trinajstić information content (AvgIpc) is 2.85. The first-order chi connectivity index (χ1) is 9.46. The van der Waals surface area contributed by atoms with E-state index in [-0.39, 0.29) is 15.4 Å². The first kappa shape index (κ1) is 14.5. The van der Waals surface area contributed by atoms with Crippen molar-refractivity contribution in [3.05, 3.63) is 11.4 Å². The van der Waals surface area contributed by atoms with Gasteiger partial charge in [0.1, 0.15) is 0 Å². The second-order valence-corrected chi connectivity index (χ2v) is 6.61. The monoisotopic (exact) mass is 315 g/mol. The smallest absolute Gasteiger partial charge is 0.293 e. The zero-order valence-electron chi connectivity index (χ0n) is 10.9. The lowest BCUT2D eigenvalue weighted by atomic mass is 10.2. The van der Waals surface area contributed by atoms with Crippen molar-refractivity contribution >= 4 is 32.4 Å². The molecular formula is C9H13N7O2S2. The van der Waals surface area contributed by atoms with Crippen LogP contribution in [0.1, 0.15) is 25.2 Å². The molecule has 0 aliphatic rings. The van der Waals surface area contributed by atoms with Gasteiger partial charge in [-0.3, -0.25) is 0 Å². The molecule has 0 bridgehead atoms. The highest BCUT2D eigenvalue weighted by molar-refractivity contribution is 7.94. The van der Waals surface area contributed by atoms with Crippen molar-refractivity contribution in [2.24, 2.45) is 0 Å². The Morgan fingerprint density at radius 3 is 2.35 bits per heavy atom. The molecule has 11 heteroatoms. The van der Waals surface area contributed by atoms with Gasteiger partial charge in [0.25, 0.3) is 20.3 Å². The van der Waals surface area contributed by atoms with E-state index < -0.39 is 10.0 Å². The lowest BCUT2D eigenvalue weighted by Gasteiger charge is -2.06. The number of nitrogens with one attached hydrogen (secondary N) is 1. The number of nitrogens with zero attached hydrogens (tertiary/aromatic N) is 5. The van der Waals surface area contributed by atoms with Gasteiger partial charge in [0, 0.05) is 0 Å². The van der Waals surface area contributed by atoms with Crippen LogP contribution in [-0.4, -0.2) is 33.8 Å². The van der Waals surface area contributed by atoms with Crippen LogP contribution in [0.4, 0.5) is 11.1 Å². The highest BCUT2D eigenvalue weighted by Crippen LogP contribution is 2.19. The maximum absolute atomic E-state index is 12.0. The van der Waals surface area contributed by atoms with E-state index in [0.717, 1.165) is 17.0 Å². The van der Waals surface area contributed by atoms with E-state index in [9.17, 15) is 8.42 Å². The average molecular weight is 315 g/mol. The Kier molecular flexibility index (Phi) is 4.09. The van der Waals surface area contributed by atoms with Gasteiger partial charge < -0.3 is 5.73 Å². The summed E-state index contributed by atoms with van der Waals surface area (Å²) in [7, 11) is -3.89. The minimum Gasteiger partial charge on any atom is -0.374 e. The topological polar surface area (TPSA) is 137 Å². The lowest BCUT2D eigenvalue weighted by Crippen LogP contribution is -2.17. The van der Waals surface area contributed by atoms with Gasteiger partial charge in [-0.25, -0.2) is 9.71 Å². The van der Waals surface area contributed by atoms with E-state index in [1.165, 1.54) is 0 Å². The maximum Gasteiger partial charge on any atom is 0.293 e. The molecule has 2 rings (SSSR count). The van der Waals surface area contributed by atoms with Gasteiger partial charge in [0.2, 0.25) is 5.13 Å². The number of sulfonamides is 1. The summed E-state index contributed by atoms with van der Waals surface area (Å²) in [6.07, 6.45) is 1.32. The van der Waals surface area contributed by atoms with Crippen LogP contribution in [0.5, 0.6) is 0 Å². The highest BCUT2D eigenvalue weighted by Gasteiger charge is 2.21. The summed E-state index contributed by atoms with van der Waals surface area (Å²) in [5.41, 5.74) is 6.81. The second kappa shape index (κ2) is 5.63. The van der Waals surface area contributed by atoms with Crippen molar-refractivity contribution < 1.29 is 8.42 Å². The molecular weight excluding hydrogens is 302 g/mol. The fourth-order valence-electron chi connectivity index (χ4n) is 1.47. The molecule has 3 N–H and O–H groups in total. The molecule has 108 valence electrons. The van der Waals surface area contributed by atoms with Crippen molar-refractivity contribution in [3.63, 3.8) is 0 Å². The minimum atomic E-state index is -3.89. The molecule has 0 atom stereocenters. The third kappa shape index (κ3) is 2.99. The number of aromatic nitrogens is 5. The van der Waals surface area contributed by atoms with Crippen molar-refractivity contribution in [1.82, 2.24) is 25.4 Å². The third-order valence-corrected chi connectivity index (χ3v) is 4.83. The Morgan fingerprint density at radius 1 is 1.10 bits per heavy atom. The molecule has 0 saturated carbocycles. The summed E-state index contributed by atoms with van der Waals surface area (Å²) < 4.78 is 26.0. The Hall–Kier alpha value is -1.88. The van der Waals surface area contributed by atoms with Crippen molar-refractivity contribution in [3.8, 4) is 0 Å². The number of hydrogen-bond acceptors (Lipinski definition) is 9. The predicted molar refractivity (Wildman–Crippen MR) is 73.7 cm³/mol. The van der Waals surface area contributed by atoms with Crippen LogP contribution in [0, 0.1) is 0 Å². The Balaban J connectivity index is 2.30. The summed E-state index contributed by atoms with van der Waals surface area (Å²) in [4.78, 5) is 4.14. The maximum atomic E-state index is 12.0. The standard InChI is InChI=1S/C9H13N7O2S2/c1-3-5-6(4-2)12-14-8(11-5)16-20(17,18)9-15-13-7(10)19-9/h3-4H2,1-2H3,(H2,10,13)(H,11,14,16). The lowest BCUT2D eigenvalue weighted by molar-refractivity contribution is 0.598. The zero-order valence-corrected chi connectivity index (χ0v) is 12.5. The first-order valence-corrected chi connectivity index (χ1v) is 8.10. The Labute approximate surface area is 119 Å². The van der Waals surface area contributed by atoms with E-state index >= 15 is 0 Å². The van der Waals surface area contributed by atoms with Gasteiger partial charge >= 0.3 is 0 Å². The number of aryl methyl sites for hydroxylation is 2. The molecule has 2 aromatic rings. The number of rotatable bonds is 5. The van der Waals surface area contributed by atoms with E-state index in [2.05, 4.69) is 30.1 Å². The van der Waals surface area contributed by atoms with E-state index in [1.807, 2.05) is 13.8 Å². The summed E-state index contributed by atoms with van der Waals surface area (Å²) in [6, 6.07) is 0. The number of hydrogen-bond donors (Lipinski definition) is 2. The second-order valence-electron chi connectivity index (χ2n) is 3.75. The number of anilines is 2. The fourth-order valence-corrected chi connectivity index (χ4v) is 3.20. The van der Waals surface area contributed by atoms with Gasteiger partial charge in [-0.15, -0.1) is 20.4 Å². The normalized spacial score (nSPS) is 11.5. The van der Waals surface area contributed by atoms with E-state index in [1.54, 1.807) is 0 Å². The quantitative estimate of drug-likeness (QED) is 0.800. The van der Waals surface area contributed by atoms with E-state index in [4.69, 9.17) is 5.73 Å². The van der Waals surface area contributed by atoms with E-state index in [0.29, 0.717) is 18.5 Å². The molecule has 0 radical (unpaired) electrons. The summed E-state index contributed by atoms with van der Waals surface area (Å²) >= 11 is 0.761. The van der Waals surface area contributed by atoms with Gasteiger partial charge in [0.15, 0.2) is 0 Å². The molecule has 20 heavy (non-hydrogen) atoms. The van der Waals surface area contributed by atoms with Crippen LogP contribution in [0.3, 0.4) is 0 Å². The summed E-state index contributed by atoms with van der Waals surface area (Å²) in [5.74, 6) is -0.0900. The van der Waals surface area contributed by atoms with Crippen LogP contribution >= 0.6 is 11.3 Å². The molecule has 0 aliphatic heterocycles. The molecule has 2 aromatic heterocycles. The van der Waals surface area contributed by atoms with Crippen molar-refractivity contribution in [2.45, 2.75) is 31.0 Å². The Morgan fingerprint density at radius 2 is 1.80 bits per heavy atom. The largest absolute Gasteiger partial charge is 0.374 e. The molecule has 2 heterocycles. The highest BCUT2D eigenvalue weighted by atomic mass is 32.2. The number of nitrogen functional groups attached to an aromatic ring is 1. The molecule has 0 fully saturated rings. The van der Waals surface area contributed by atoms with Gasteiger partial charge in [0.05, 0.1) is 11.4 Å². The van der Waals surface area contributed by atoms with Gasteiger partial charge in [-0.1, -0.05) is 25.2 Å². The van der Waals surface area contributed by atoms with Crippen LogP contribution in [0.15, 0.2) is 4.34 Å². The van der Waals surface area contributed by atoms with Crippen molar-refractivity contribution in [2.75, 3.05) is 10.5 Å². The van der Waals surface area contributed by atoms with Gasteiger partial charge in [-0.2, -0.15) is 8.42 Å². The third-order valence-electron chi connectivity index (χ3n) is 2.39.